The highest BCUT2D eigenvalue weighted by molar-refractivity contribution is 6.00. The minimum Gasteiger partial charge on any atom is -0.355 e. The second-order valence-electron chi connectivity index (χ2n) is 5.83. The van der Waals surface area contributed by atoms with Gasteiger partial charge in [-0.15, -0.1) is 0 Å². The number of anilines is 2. The van der Waals surface area contributed by atoms with Crippen molar-refractivity contribution in [3.8, 4) is 0 Å². The molecule has 0 aliphatic rings. The van der Waals surface area contributed by atoms with Gasteiger partial charge in [-0.3, -0.25) is 9.78 Å². The molecule has 4 nitrogen and oxygen atoms in total. The maximum Gasteiger partial charge on any atom is 0.255 e. The number of rotatable bonds is 6. The molecule has 0 atom stereocenters. The number of hydrogen-bond donors (Lipinski definition) is 1. The van der Waals surface area contributed by atoms with Crippen LogP contribution in [0.15, 0.2) is 79.0 Å². The summed E-state index contributed by atoms with van der Waals surface area (Å²) in [5.74, 6) is -0.00466. The SMILES string of the molecule is CN(CCc1ccccn1)C(=O)c1ccccc1Nc1ccccc1. The summed E-state index contributed by atoms with van der Waals surface area (Å²) >= 11 is 0. The van der Waals surface area contributed by atoms with Crippen LogP contribution in [0, 0.1) is 0 Å². The van der Waals surface area contributed by atoms with Crippen molar-refractivity contribution in [2.45, 2.75) is 6.42 Å². The summed E-state index contributed by atoms with van der Waals surface area (Å²) in [7, 11) is 1.82. The van der Waals surface area contributed by atoms with Gasteiger partial charge in [-0.25, -0.2) is 0 Å². The molecule has 1 aromatic heterocycles. The number of carbonyl (C=O) groups excluding carboxylic acids is 1. The smallest absolute Gasteiger partial charge is 0.255 e. The lowest BCUT2D eigenvalue weighted by molar-refractivity contribution is 0.0797. The Morgan fingerprint density at radius 1 is 0.960 bits per heavy atom. The standard InChI is InChI=1S/C21H21N3O/c1-24(16-14-17-9-7-8-15-22-17)21(25)19-12-5-6-13-20(19)23-18-10-3-2-4-11-18/h2-13,15,23H,14,16H2,1H3. The van der Waals surface area contributed by atoms with Crippen molar-refractivity contribution in [2.24, 2.45) is 0 Å². The first-order valence-electron chi connectivity index (χ1n) is 8.30. The fraction of sp³-hybridized carbons (Fsp3) is 0.143. The molecule has 0 radical (unpaired) electrons. The molecule has 3 rings (SSSR count). The van der Waals surface area contributed by atoms with Crippen LogP contribution in [0.3, 0.4) is 0 Å². The average molecular weight is 331 g/mol. The molecule has 2 aromatic carbocycles. The van der Waals surface area contributed by atoms with Crippen molar-refractivity contribution in [3.63, 3.8) is 0 Å². The number of likely N-dealkylation sites (N-methyl/N-ethyl adjacent to an activating group) is 1. The average Bonchev–Trinajstić information content (AvgIpc) is 2.67. The second-order valence-corrected chi connectivity index (χ2v) is 5.83. The highest BCUT2D eigenvalue weighted by Gasteiger charge is 2.15. The van der Waals surface area contributed by atoms with Gasteiger partial charge in [-0.1, -0.05) is 36.4 Å². The van der Waals surface area contributed by atoms with Crippen molar-refractivity contribution in [2.75, 3.05) is 18.9 Å². The lowest BCUT2D eigenvalue weighted by Crippen LogP contribution is -2.29. The van der Waals surface area contributed by atoms with Crippen molar-refractivity contribution in [1.82, 2.24) is 9.88 Å². The first-order valence-corrected chi connectivity index (χ1v) is 8.30. The van der Waals surface area contributed by atoms with Crippen molar-refractivity contribution < 1.29 is 4.79 Å². The molecular formula is C21H21N3O. The lowest BCUT2D eigenvalue weighted by atomic mass is 10.1. The van der Waals surface area contributed by atoms with E-state index in [2.05, 4.69) is 10.3 Å². The first-order chi connectivity index (χ1) is 12.2. The highest BCUT2D eigenvalue weighted by atomic mass is 16.2. The Labute approximate surface area is 148 Å². The number of carbonyl (C=O) groups is 1. The monoisotopic (exact) mass is 331 g/mol. The van der Waals surface area contributed by atoms with E-state index < -0.39 is 0 Å². The molecule has 0 bridgehead atoms. The number of nitrogens with one attached hydrogen (secondary N) is 1. The number of pyridine rings is 1. The van der Waals surface area contributed by atoms with Gasteiger partial charge in [0, 0.05) is 37.6 Å². The van der Waals surface area contributed by atoms with Gasteiger partial charge >= 0.3 is 0 Å². The van der Waals surface area contributed by atoms with Crippen LogP contribution in [0.2, 0.25) is 0 Å². The Morgan fingerprint density at radius 3 is 2.44 bits per heavy atom. The molecular weight excluding hydrogens is 310 g/mol. The number of amides is 1. The topological polar surface area (TPSA) is 45.2 Å². The fourth-order valence-electron chi connectivity index (χ4n) is 2.59. The van der Waals surface area contributed by atoms with Gasteiger partial charge in [0.25, 0.3) is 5.91 Å². The van der Waals surface area contributed by atoms with E-state index in [1.165, 1.54) is 0 Å². The predicted octanol–water partition coefficient (Wildman–Crippen LogP) is 4.14. The van der Waals surface area contributed by atoms with Crippen LogP contribution in [-0.4, -0.2) is 29.4 Å². The minimum atomic E-state index is -0.00466. The number of aromatic nitrogens is 1. The Morgan fingerprint density at radius 2 is 1.68 bits per heavy atom. The summed E-state index contributed by atoms with van der Waals surface area (Å²) in [4.78, 5) is 18.9. The molecule has 0 saturated heterocycles. The molecule has 0 spiro atoms. The molecule has 1 N–H and O–H groups in total. The number of para-hydroxylation sites is 2. The van der Waals surface area contributed by atoms with Gasteiger partial charge in [0.1, 0.15) is 0 Å². The summed E-state index contributed by atoms with van der Waals surface area (Å²) in [6.45, 7) is 0.621. The van der Waals surface area contributed by atoms with Gasteiger partial charge in [-0.2, -0.15) is 0 Å². The normalized spacial score (nSPS) is 10.3. The van der Waals surface area contributed by atoms with Gasteiger partial charge in [-0.05, 0) is 36.4 Å². The second kappa shape index (κ2) is 8.11. The first kappa shape index (κ1) is 16.7. The van der Waals surface area contributed by atoms with Gasteiger partial charge in [0.2, 0.25) is 0 Å². The summed E-state index contributed by atoms with van der Waals surface area (Å²) in [5.41, 5.74) is 3.41. The molecule has 1 heterocycles. The zero-order chi connectivity index (χ0) is 17.5. The molecule has 0 unspecified atom stereocenters. The van der Waals surface area contributed by atoms with Crippen LogP contribution >= 0.6 is 0 Å². The molecule has 0 aliphatic heterocycles. The summed E-state index contributed by atoms with van der Waals surface area (Å²) in [5, 5.41) is 3.32. The van der Waals surface area contributed by atoms with Gasteiger partial charge in [0.05, 0.1) is 11.3 Å². The predicted molar refractivity (Wildman–Crippen MR) is 101 cm³/mol. The van der Waals surface area contributed by atoms with Crippen LogP contribution in [-0.2, 0) is 6.42 Å². The van der Waals surface area contributed by atoms with Crippen molar-refractivity contribution in [3.05, 3.63) is 90.3 Å². The van der Waals surface area contributed by atoms with Crippen molar-refractivity contribution >= 4 is 17.3 Å². The molecule has 3 aromatic rings. The van der Waals surface area contributed by atoms with Crippen LogP contribution in [0.4, 0.5) is 11.4 Å². The Kier molecular flexibility index (Phi) is 5.42. The van der Waals surface area contributed by atoms with E-state index in [0.717, 1.165) is 23.5 Å². The molecule has 25 heavy (non-hydrogen) atoms. The van der Waals surface area contributed by atoms with E-state index >= 15 is 0 Å². The van der Waals surface area contributed by atoms with Crippen LogP contribution < -0.4 is 5.32 Å². The maximum atomic E-state index is 12.8. The quantitative estimate of drug-likeness (QED) is 0.738. The maximum absolute atomic E-state index is 12.8. The number of hydrogen-bond acceptors (Lipinski definition) is 3. The lowest BCUT2D eigenvalue weighted by Gasteiger charge is -2.19. The Hall–Kier alpha value is -3.14. The largest absolute Gasteiger partial charge is 0.355 e. The van der Waals surface area contributed by atoms with E-state index in [1.54, 1.807) is 11.1 Å². The third-order valence-corrected chi connectivity index (χ3v) is 3.99. The Balaban J connectivity index is 1.71. The third-order valence-electron chi connectivity index (χ3n) is 3.99. The minimum absolute atomic E-state index is 0.00466. The van der Waals surface area contributed by atoms with E-state index in [-0.39, 0.29) is 5.91 Å². The van der Waals surface area contributed by atoms with Gasteiger partial charge < -0.3 is 10.2 Å². The van der Waals surface area contributed by atoms with Gasteiger partial charge in [0.15, 0.2) is 0 Å². The van der Waals surface area contributed by atoms with Crippen LogP contribution in [0.1, 0.15) is 16.1 Å². The molecule has 0 fully saturated rings. The van der Waals surface area contributed by atoms with Crippen LogP contribution in [0.25, 0.3) is 0 Å². The van der Waals surface area contributed by atoms with Crippen molar-refractivity contribution in [1.29, 1.82) is 0 Å². The van der Waals surface area contributed by atoms with E-state index in [1.807, 2.05) is 79.8 Å². The van der Waals surface area contributed by atoms with E-state index in [0.29, 0.717) is 12.1 Å². The summed E-state index contributed by atoms with van der Waals surface area (Å²) < 4.78 is 0. The Bertz CT molecular complexity index is 819. The number of nitrogens with zero attached hydrogens (tertiary/aromatic N) is 2. The van der Waals surface area contributed by atoms with Crippen LogP contribution in [0.5, 0.6) is 0 Å². The van der Waals surface area contributed by atoms with E-state index in [4.69, 9.17) is 0 Å². The number of benzene rings is 2. The molecule has 0 aliphatic carbocycles. The molecule has 0 saturated carbocycles. The molecule has 126 valence electrons. The summed E-state index contributed by atoms with van der Waals surface area (Å²) in [6.07, 6.45) is 2.51. The fourth-order valence-corrected chi connectivity index (χ4v) is 2.59. The third kappa shape index (κ3) is 4.44. The molecule has 1 amide bonds. The molecule has 4 heteroatoms. The summed E-state index contributed by atoms with van der Waals surface area (Å²) in [6, 6.07) is 23.3. The zero-order valence-electron chi connectivity index (χ0n) is 14.2. The zero-order valence-corrected chi connectivity index (χ0v) is 14.2. The van der Waals surface area contributed by atoms with E-state index in [9.17, 15) is 4.79 Å². The highest BCUT2D eigenvalue weighted by Crippen LogP contribution is 2.21.